The van der Waals surface area contributed by atoms with Crippen molar-refractivity contribution >= 4 is 16.1 Å². The zero-order chi connectivity index (χ0) is 14.6. The summed E-state index contributed by atoms with van der Waals surface area (Å²) in [5.74, 6) is -1.35. The van der Waals surface area contributed by atoms with Crippen LogP contribution in [0.4, 0.5) is 0 Å². The number of ether oxygens (including phenoxy) is 1. The molecule has 0 bridgehead atoms. The van der Waals surface area contributed by atoms with Crippen LogP contribution in [0.15, 0.2) is 30.3 Å². The molecular weight excluding hydrogens is 282 g/mol. The van der Waals surface area contributed by atoms with Crippen LogP contribution < -0.4 is 5.32 Å². The average molecular weight is 299 g/mol. The summed E-state index contributed by atoms with van der Waals surface area (Å²) in [6, 6.07) is 8.96. The van der Waals surface area contributed by atoms with E-state index in [1.165, 1.54) is 0 Å². The predicted molar refractivity (Wildman–Crippen MR) is 72.6 cm³/mol. The zero-order valence-electron chi connectivity index (χ0n) is 10.9. The first-order chi connectivity index (χ1) is 9.48. The average Bonchev–Trinajstić information content (AvgIpc) is 2.89. The number of carbonyl (C=O) groups is 1. The van der Waals surface area contributed by atoms with Gasteiger partial charge in [-0.05, 0) is 25.1 Å². The first-order valence-electron chi connectivity index (χ1n) is 6.36. The van der Waals surface area contributed by atoms with Crippen molar-refractivity contribution in [2.24, 2.45) is 5.92 Å². The van der Waals surface area contributed by atoms with E-state index in [0.29, 0.717) is 19.5 Å². The van der Waals surface area contributed by atoms with Crippen LogP contribution in [0.25, 0.3) is 0 Å². The molecule has 0 radical (unpaired) electrons. The quantitative estimate of drug-likeness (QED) is 0.611. The third-order valence-corrected chi connectivity index (χ3v) is 4.52. The third kappa shape index (κ3) is 3.78. The summed E-state index contributed by atoms with van der Waals surface area (Å²) in [5.41, 5.74) is 0.763. The number of nitrogens with one attached hydrogen (secondary N) is 1. The maximum Gasteiger partial charge on any atom is 0.327 e. The van der Waals surface area contributed by atoms with E-state index in [0.717, 1.165) is 5.56 Å². The number of hydrogen-bond acceptors (Lipinski definition) is 5. The zero-order valence-corrected chi connectivity index (χ0v) is 11.7. The van der Waals surface area contributed by atoms with Crippen LogP contribution in [0.3, 0.4) is 0 Å². The molecule has 6 nitrogen and oxygen atoms in total. The molecule has 2 rings (SSSR count). The Bertz CT molecular complexity index is 551. The lowest BCUT2D eigenvalue weighted by atomic mass is 10.0. The Balaban J connectivity index is 2.03. The van der Waals surface area contributed by atoms with Crippen molar-refractivity contribution in [1.29, 1.82) is 0 Å². The van der Waals surface area contributed by atoms with Gasteiger partial charge in [0.25, 0.3) is 10.1 Å². The summed E-state index contributed by atoms with van der Waals surface area (Å²) in [4.78, 5) is 12.0. The predicted octanol–water partition coefficient (Wildman–Crippen LogP) is 0.596. The Morgan fingerprint density at radius 1 is 1.40 bits per heavy atom. The number of esters is 1. The van der Waals surface area contributed by atoms with Gasteiger partial charge in [0.05, 0.1) is 0 Å². The van der Waals surface area contributed by atoms with Crippen LogP contribution in [0.1, 0.15) is 12.0 Å². The number of rotatable bonds is 5. The van der Waals surface area contributed by atoms with E-state index in [2.05, 4.69) is 5.32 Å². The Labute approximate surface area is 117 Å². The molecule has 0 aliphatic carbocycles. The lowest BCUT2D eigenvalue weighted by Gasteiger charge is -2.18. The lowest BCUT2D eigenvalue weighted by Crippen LogP contribution is -2.39. The third-order valence-electron chi connectivity index (χ3n) is 3.30. The maximum absolute atomic E-state index is 12.0. The smallest absolute Gasteiger partial charge is 0.327 e. The number of carbonyl (C=O) groups excluding carboxylic acids is 1. The molecule has 0 spiro atoms. The fraction of sp³-hybridized carbons (Fsp3) is 0.462. The Morgan fingerprint density at radius 2 is 2.10 bits per heavy atom. The van der Waals surface area contributed by atoms with E-state index in [1.54, 1.807) is 24.3 Å². The molecule has 7 heteroatoms. The van der Waals surface area contributed by atoms with Crippen molar-refractivity contribution in [2.75, 3.05) is 13.1 Å². The molecule has 1 aromatic rings. The van der Waals surface area contributed by atoms with Crippen molar-refractivity contribution in [1.82, 2.24) is 5.32 Å². The minimum atomic E-state index is -4.47. The molecular formula is C13H17NO5S. The minimum absolute atomic E-state index is 0.00809. The molecule has 110 valence electrons. The van der Waals surface area contributed by atoms with Crippen molar-refractivity contribution in [3.05, 3.63) is 35.9 Å². The van der Waals surface area contributed by atoms with Gasteiger partial charge in [-0.3, -0.25) is 9.35 Å². The molecule has 2 atom stereocenters. The van der Waals surface area contributed by atoms with E-state index >= 15 is 0 Å². The highest BCUT2D eigenvalue weighted by Gasteiger charge is 2.41. The van der Waals surface area contributed by atoms with Gasteiger partial charge in [-0.15, -0.1) is 0 Å². The molecule has 20 heavy (non-hydrogen) atoms. The maximum atomic E-state index is 12.0. The topological polar surface area (TPSA) is 92.7 Å². The van der Waals surface area contributed by atoms with Crippen LogP contribution in [-0.2, 0) is 26.3 Å². The van der Waals surface area contributed by atoms with Gasteiger partial charge < -0.3 is 10.1 Å². The number of hydrogen-bond donors (Lipinski definition) is 2. The van der Waals surface area contributed by atoms with E-state index < -0.39 is 27.3 Å². The molecule has 1 saturated heterocycles. The van der Waals surface area contributed by atoms with Crippen LogP contribution in [-0.4, -0.2) is 37.3 Å². The van der Waals surface area contributed by atoms with E-state index in [-0.39, 0.29) is 6.61 Å². The molecule has 1 fully saturated rings. The highest BCUT2D eigenvalue weighted by Crippen LogP contribution is 2.20. The summed E-state index contributed by atoms with van der Waals surface area (Å²) >= 11 is 0. The molecule has 1 aliphatic heterocycles. The Hall–Kier alpha value is -1.44. The second kappa shape index (κ2) is 6.34. The molecule has 1 aliphatic rings. The standard InChI is InChI=1S/C13H17NO5S/c15-13(19-9-10-4-2-1-3-5-10)12(20(16,17)18)11-6-7-14-8-11/h1-5,11-12,14H,6-9H2,(H,16,17,18). The Kier molecular flexibility index (Phi) is 4.74. The first kappa shape index (κ1) is 15.0. The van der Waals surface area contributed by atoms with Gasteiger partial charge in [-0.25, -0.2) is 0 Å². The van der Waals surface area contributed by atoms with Gasteiger partial charge in [0.2, 0.25) is 0 Å². The summed E-state index contributed by atoms with van der Waals surface area (Å²) < 4.78 is 37.1. The molecule has 0 amide bonds. The summed E-state index contributed by atoms with van der Waals surface area (Å²) in [7, 11) is -4.47. The minimum Gasteiger partial charge on any atom is -0.460 e. The molecule has 1 aromatic carbocycles. The molecule has 2 N–H and O–H groups in total. The van der Waals surface area contributed by atoms with Crippen molar-refractivity contribution < 1.29 is 22.5 Å². The van der Waals surface area contributed by atoms with E-state index in [4.69, 9.17) is 4.74 Å². The largest absolute Gasteiger partial charge is 0.460 e. The second-order valence-electron chi connectivity index (χ2n) is 4.78. The van der Waals surface area contributed by atoms with Crippen molar-refractivity contribution in [3.8, 4) is 0 Å². The van der Waals surface area contributed by atoms with Crippen LogP contribution in [0, 0.1) is 5.92 Å². The van der Waals surface area contributed by atoms with E-state index in [9.17, 15) is 17.8 Å². The van der Waals surface area contributed by atoms with Crippen molar-refractivity contribution in [2.45, 2.75) is 18.3 Å². The van der Waals surface area contributed by atoms with Crippen LogP contribution >= 0.6 is 0 Å². The van der Waals surface area contributed by atoms with Crippen molar-refractivity contribution in [3.63, 3.8) is 0 Å². The van der Waals surface area contributed by atoms with Gasteiger partial charge in [0, 0.05) is 5.92 Å². The van der Waals surface area contributed by atoms with Crippen LogP contribution in [0.5, 0.6) is 0 Å². The van der Waals surface area contributed by atoms with Gasteiger partial charge in [-0.1, -0.05) is 30.3 Å². The fourth-order valence-corrected chi connectivity index (χ4v) is 3.33. The van der Waals surface area contributed by atoms with Gasteiger partial charge >= 0.3 is 5.97 Å². The van der Waals surface area contributed by atoms with Gasteiger partial charge in [0.15, 0.2) is 5.25 Å². The summed E-state index contributed by atoms with van der Waals surface area (Å²) in [6.07, 6.45) is 0.519. The van der Waals surface area contributed by atoms with E-state index in [1.807, 2.05) is 6.07 Å². The summed E-state index contributed by atoms with van der Waals surface area (Å²) in [5, 5.41) is 1.46. The lowest BCUT2D eigenvalue weighted by molar-refractivity contribution is -0.145. The number of benzene rings is 1. The highest BCUT2D eigenvalue weighted by atomic mass is 32.2. The molecule has 0 aromatic heterocycles. The normalized spacial score (nSPS) is 20.6. The molecule has 1 heterocycles. The monoisotopic (exact) mass is 299 g/mol. The molecule has 0 saturated carbocycles. The summed E-state index contributed by atoms with van der Waals surface area (Å²) in [6.45, 7) is 0.999. The Morgan fingerprint density at radius 3 is 2.65 bits per heavy atom. The first-order valence-corrected chi connectivity index (χ1v) is 7.86. The fourth-order valence-electron chi connectivity index (χ4n) is 2.30. The molecule has 2 unspecified atom stereocenters. The van der Waals surface area contributed by atoms with Gasteiger partial charge in [-0.2, -0.15) is 8.42 Å². The SMILES string of the molecule is O=C(OCc1ccccc1)C(C1CCNC1)S(=O)(=O)O. The highest BCUT2D eigenvalue weighted by molar-refractivity contribution is 7.87. The second-order valence-corrected chi connectivity index (χ2v) is 6.32. The van der Waals surface area contributed by atoms with Crippen LogP contribution in [0.2, 0.25) is 0 Å². The van der Waals surface area contributed by atoms with Gasteiger partial charge in [0.1, 0.15) is 6.61 Å².